The minimum atomic E-state index is -4.11. The second-order valence-corrected chi connectivity index (χ2v) is 21.9. The van der Waals surface area contributed by atoms with Crippen molar-refractivity contribution < 1.29 is 93.8 Å². The molecule has 0 heterocycles. The highest BCUT2D eigenvalue weighted by atomic mass is 31.2. The van der Waals surface area contributed by atoms with E-state index in [2.05, 4.69) is 48.6 Å². The maximum Gasteiger partial charge on any atom is 0.338 e. The Balaban J connectivity index is -0.00000107. The molecular weight excluding hydrogens is 1090 g/mol. The summed E-state index contributed by atoms with van der Waals surface area (Å²) in [5.74, 6) is -0.923. The Morgan fingerprint density at radius 2 is 1.06 bits per heavy atom. The van der Waals surface area contributed by atoms with Gasteiger partial charge in [-0.1, -0.05) is 36.4 Å². The zero-order valence-corrected chi connectivity index (χ0v) is 49.7. The van der Waals surface area contributed by atoms with Gasteiger partial charge in [-0.15, -0.1) is 0 Å². The van der Waals surface area contributed by atoms with Crippen LogP contribution in [0.1, 0.15) is 118 Å². The number of benzene rings is 2. The Kier molecular flexibility index (Phi) is 53.7. The molecule has 0 saturated carbocycles. The fourth-order valence-corrected chi connectivity index (χ4v) is 7.91. The van der Waals surface area contributed by atoms with Crippen LogP contribution in [0, 0.1) is 11.3 Å². The van der Waals surface area contributed by atoms with E-state index in [4.69, 9.17) is 34.0 Å². The van der Waals surface area contributed by atoms with Crippen LogP contribution in [0.25, 0.3) is 0 Å². The van der Waals surface area contributed by atoms with Gasteiger partial charge in [-0.2, -0.15) is 5.26 Å². The molecule has 0 bridgehead atoms. The van der Waals surface area contributed by atoms with E-state index in [1.54, 1.807) is 48.5 Å². The molecule has 0 aliphatic rings. The predicted octanol–water partition coefficient (Wildman–Crippen LogP) is 5.64. The van der Waals surface area contributed by atoms with Crippen LogP contribution in [0.3, 0.4) is 0 Å². The van der Waals surface area contributed by atoms with Crippen molar-refractivity contribution in [3.63, 3.8) is 0 Å². The minimum absolute atomic E-state index is 0.0345. The molecule has 2 aromatic carbocycles. The summed E-state index contributed by atoms with van der Waals surface area (Å²) in [5, 5.41) is 35.3. The van der Waals surface area contributed by atoms with Gasteiger partial charge in [0, 0.05) is 27.4 Å². The first-order valence-corrected chi connectivity index (χ1v) is 30.7. The molecule has 6 atom stereocenters. The summed E-state index contributed by atoms with van der Waals surface area (Å²) in [7, 11) is -4.90. The molecule has 77 heavy (non-hydrogen) atoms. The third-order valence-corrected chi connectivity index (χ3v) is 13.7. The van der Waals surface area contributed by atoms with Crippen molar-refractivity contribution in [1.29, 1.82) is 5.26 Å². The summed E-state index contributed by atoms with van der Waals surface area (Å²) in [4.78, 5) is 56.8. The van der Waals surface area contributed by atoms with Crippen molar-refractivity contribution >= 4 is 43.9 Å². The van der Waals surface area contributed by atoms with Gasteiger partial charge in [0.25, 0.3) is 32.0 Å². The SMILES string of the molecule is CC(C)NP(OCCC#N)OCCCCC(COC(=O)c1ccccc1)OC(=O)c1ccccc1.CN.CNCCCCCOP(=O)([O-])OC.CNCCCCCOP(=O)([O-])OC.COP(=O)([O-])OCCCCC(O)CO. The van der Waals surface area contributed by atoms with Crippen LogP contribution in [0.2, 0.25) is 0 Å². The number of carbonyl (C=O) groups is 2. The summed E-state index contributed by atoms with van der Waals surface area (Å²) >= 11 is 0. The van der Waals surface area contributed by atoms with Crippen molar-refractivity contribution in [2.45, 2.75) is 116 Å². The Morgan fingerprint density at radius 1 is 0.649 bits per heavy atom. The lowest BCUT2D eigenvalue weighted by atomic mass is 10.1. The number of unbranched alkanes of at least 4 members (excludes halogenated alkanes) is 6. The molecule has 6 unspecified atom stereocenters. The number of hydrogen-bond donors (Lipinski definition) is 6. The molecule has 0 radical (unpaired) electrons. The normalized spacial score (nSPS) is 14.3. The molecule has 2 rings (SSSR count). The molecule has 0 saturated heterocycles. The van der Waals surface area contributed by atoms with Crippen molar-refractivity contribution in [2.24, 2.45) is 5.73 Å². The predicted molar refractivity (Wildman–Crippen MR) is 288 cm³/mol. The second-order valence-electron chi connectivity index (χ2n) is 16.0. The Hall–Kier alpha value is -2.69. The summed E-state index contributed by atoms with van der Waals surface area (Å²) in [6.07, 6.45) is 7.80. The zero-order valence-electron chi connectivity index (χ0n) is 46.1. The van der Waals surface area contributed by atoms with Crippen molar-refractivity contribution in [2.75, 3.05) is 102 Å². The van der Waals surface area contributed by atoms with Gasteiger partial charge in [0.15, 0.2) is 0 Å². The van der Waals surface area contributed by atoms with Gasteiger partial charge >= 0.3 is 11.9 Å². The van der Waals surface area contributed by atoms with Gasteiger partial charge in [-0.25, -0.2) is 14.7 Å². The number of nitrogens with one attached hydrogen (secondary N) is 3. The average Bonchev–Trinajstić information content (AvgIpc) is 3.43. The molecule has 29 heteroatoms. The molecule has 2 aromatic rings. The van der Waals surface area contributed by atoms with Crippen LogP contribution in [-0.2, 0) is 59.4 Å². The average molecular weight is 1180 g/mol. The van der Waals surface area contributed by atoms with Gasteiger partial charge < -0.3 is 86.9 Å². The molecule has 7 N–H and O–H groups in total. The number of nitrogens with two attached hydrogens (primary N) is 1. The Labute approximate surface area is 458 Å². The van der Waals surface area contributed by atoms with E-state index in [1.807, 2.05) is 46.1 Å². The number of esters is 2. The van der Waals surface area contributed by atoms with E-state index in [-0.39, 0.29) is 39.1 Å². The molecule has 0 spiro atoms. The van der Waals surface area contributed by atoms with Crippen LogP contribution in [0.5, 0.6) is 0 Å². The standard InChI is InChI=1S/C26H33N2O6P.2C7H18NO4P.C7H17O6P.CH5N/c1-21(2)28-35(33-19-11-17-27)32-18-10-9-16-24(34-26(30)23-14-7-4-8-15-23)20-31-25(29)22-12-5-3-6-13-22;2*1-8-6-4-3-5-7-12-13(9,10)11-2;1-12-14(10,11)13-5-3-2-4-7(9)6-8;1-2/h3-8,12-15,21,24,28H,9-11,16,18-20H2,1-2H3;2*8H,3-7H2,1-2H3,(H,9,10);7-9H,2-6H2,1H3,(H,10,11);2H2,1H3/p-3. The van der Waals surface area contributed by atoms with Crippen LogP contribution < -0.4 is 36.1 Å². The van der Waals surface area contributed by atoms with Crippen molar-refractivity contribution in [3.8, 4) is 6.07 Å². The zero-order chi connectivity index (χ0) is 58.6. The fraction of sp³-hybridized carbons (Fsp3) is 0.688. The third kappa shape index (κ3) is 51.2. The first-order chi connectivity index (χ1) is 36.7. The molecule has 0 amide bonds. The van der Waals surface area contributed by atoms with Gasteiger partial charge in [0.05, 0.1) is 69.4 Å². The van der Waals surface area contributed by atoms with Gasteiger partial charge in [0.1, 0.15) is 12.7 Å². The number of phosphoric acid groups is 3. The smallest absolute Gasteiger partial charge is 0.338 e. The highest BCUT2D eigenvalue weighted by Crippen LogP contribution is 2.38. The maximum atomic E-state index is 12.5. The van der Waals surface area contributed by atoms with E-state index >= 15 is 0 Å². The van der Waals surface area contributed by atoms with Gasteiger partial charge in [-0.05, 0) is 149 Å². The van der Waals surface area contributed by atoms with Crippen LogP contribution in [0.4, 0.5) is 0 Å². The quantitative estimate of drug-likeness (QED) is 0.0267. The van der Waals surface area contributed by atoms with Gasteiger partial charge in [-0.3, -0.25) is 13.7 Å². The highest BCUT2D eigenvalue weighted by molar-refractivity contribution is 7.46. The summed E-state index contributed by atoms with van der Waals surface area (Å²) in [6, 6.07) is 19.6. The summed E-state index contributed by atoms with van der Waals surface area (Å²) in [5.41, 5.74) is 5.38. The molecule has 0 fully saturated rings. The van der Waals surface area contributed by atoms with Crippen molar-refractivity contribution in [3.05, 3.63) is 71.8 Å². The number of hydrogen-bond acceptors (Lipinski definition) is 25. The maximum absolute atomic E-state index is 12.5. The first kappa shape index (κ1) is 78.5. The molecule has 0 aromatic heterocycles. The van der Waals surface area contributed by atoms with E-state index in [0.29, 0.717) is 69.3 Å². The molecular formula is C48H88N5O20P4-3. The fourth-order valence-electron chi connectivity index (χ4n) is 5.34. The largest absolute Gasteiger partial charge is 0.756 e. The first-order valence-electron chi connectivity index (χ1n) is 25.1. The Morgan fingerprint density at radius 3 is 1.48 bits per heavy atom. The lowest BCUT2D eigenvalue weighted by Gasteiger charge is -2.20. The van der Waals surface area contributed by atoms with Crippen molar-refractivity contribution in [1.82, 2.24) is 15.7 Å². The monoisotopic (exact) mass is 1180 g/mol. The van der Waals surface area contributed by atoms with E-state index in [1.165, 1.54) is 7.05 Å². The number of aliphatic hydroxyl groups excluding tert-OH is 2. The third-order valence-electron chi connectivity index (χ3n) is 9.31. The number of ether oxygens (including phenoxy) is 2. The lowest BCUT2D eigenvalue weighted by Crippen LogP contribution is -2.25. The van der Waals surface area contributed by atoms with E-state index < -0.39 is 56.1 Å². The topological polar surface area (TPSA) is 373 Å². The molecule has 448 valence electrons. The van der Waals surface area contributed by atoms with Crippen LogP contribution in [0.15, 0.2) is 60.7 Å². The number of rotatable bonds is 40. The summed E-state index contributed by atoms with van der Waals surface area (Å²) < 4.78 is 80.3. The molecule has 25 nitrogen and oxygen atoms in total. The molecule has 0 aliphatic heterocycles. The highest BCUT2D eigenvalue weighted by Gasteiger charge is 2.20. The molecule has 0 aliphatic carbocycles. The van der Waals surface area contributed by atoms with Crippen LogP contribution >= 0.6 is 32.0 Å². The number of aliphatic hydroxyl groups is 2. The van der Waals surface area contributed by atoms with Gasteiger partial charge in [0.2, 0.25) is 0 Å². The number of nitrogens with zero attached hydrogens (tertiary/aromatic N) is 1. The van der Waals surface area contributed by atoms with E-state index in [9.17, 15) is 38.0 Å². The lowest BCUT2D eigenvalue weighted by molar-refractivity contribution is -0.224. The summed E-state index contributed by atoms with van der Waals surface area (Å²) in [6.45, 7) is 6.77. The second kappa shape index (κ2) is 52.7. The number of phosphoric ester groups is 3. The van der Waals surface area contributed by atoms with E-state index in [0.717, 1.165) is 72.9 Å². The number of carbonyl (C=O) groups excluding carboxylic acids is 2. The minimum Gasteiger partial charge on any atom is -0.756 e. The number of nitriles is 1. The Bertz CT molecular complexity index is 1850. The van der Waals surface area contributed by atoms with Crippen LogP contribution in [-0.4, -0.2) is 142 Å².